The topological polar surface area (TPSA) is 44.3 Å². The normalized spacial score (nSPS) is 14.9. The highest BCUT2D eigenvalue weighted by Gasteiger charge is 2.20. The average Bonchev–Trinajstić information content (AvgIpc) is 2.60. The highest BCUT2D eigenvalue weighted by molar-refractivity contribution is 6.30. The van der Waals surface area contributed by atoms with E-state index in [2.05, 4.69) is 40.0 Å². The molecule has 0 radical (unpaired) electrons. The van der Waals surface area contributed by atoms with E-state index in [1.54, 1.807) is 0 Å². The third kappa shape index (κ3) is 4.75. The summed E-state index contributed by atoms with van der Waals surface area (Å²) >= 11 is 6.11. The lowest BCUT2D eigenvalue weighted by atomic mass is 10.2. The van der Waals surface area contributed by atoms with Crippen LogP contribution in [0.5, 0.6) is 0 Å². The van der Waals surface area contributed by atoms with Crippen LogP contribution >= 0.6 is 11.6 Å². The molecule has 1 aliphatic heterocycles. The van der Waals surface area contributed by atoms with Crippen LogP contribution in [-0.4, -0.2) is 42.7 Å². The van der Waals surface area contributed by atoms with Crippen LogP contribution in [0, 0.1) is 12.8 Å². The zero-order valence-corrected chi connectivity index (χ0v) is 15.9. The van der Waals surface area contributed by atoms with Gasteiger partial charge in [-0.05, 0) is 31.0 Å². The molecule has 0 atom stereocenters. The SMILES string of the molecule is Cc1cc(NCC(C)C)nc(N2CCN(c3cccc(Cl)c3)CC2)n1. The van der Waals surface area contributed by atoms with Crippen LogP contribution in [-0.2, 0) is 0 Å². The molecule has 2 aromatic rings. The first kappa shape index (κ1) is 17.8. The standard InChI is InChI=1S/C19H26ClN5/c1-14(2)13-21-18-11-15(3)22-19(23-18)25-9-7-24(8-10-25)17-6-4-5-16(20)12-17/h4-6,11-12,14H,7-10,13H2,1-3H3,(H,21,22,23). The lowest BCUT2D eigenvalue weighted by Gasteiger charge is -2.36. The molecule has 1 fully saturated rings. The summed E-state index contributed by atoms with van der Waals surface area (Å²) < 4.78 is 0. The molecule has 0 aliphatic carbocycles. The molecule has 2 heterocycles. The second-order valence-electron chi connectivity index (χ2n) is 6.92. The van der Waals surface area contributed by atoms with Crippen LogP contribution < -0.4 is 15.1 Å². The van der Waals surface area contributed by atoms with Crippen LogP contribution in [0.25, 0.3) is 0 Å². The van der Waals surface area contributed by atoms with Crippen LogP contribution in [0.15, 0.2) is 30.3 Å². The van der Waals surface area contributed by atoms with E-state index in [0.29, 0.717) is 5.92 Å². The van der Waals surface area contributed by atoms with E-state index in [1.165, 1.54) is 5.69 Å². The fourth-order valence-corrected chi connectivity index (χ4v) is 3.12. The van der Waals surface area contributed by atoms with Crippen molar-refractivity contribution in [3.8, 4) is 0 Å². The molecule has 6 heteroatoms. The molecule has 0 saturated carbocycles. The minimum atomic E-state index is 0.583. The van der Waals surface area contributed by atoms with Crippen molar-refractivity contribution >= 4 is 29.1 Å². The molecule has 1 aromatic heterocycles. The van der Waals surface area contributed by atoms with Crippen LogP contribution in [0.3, 0.4) is 0 Å². The lowest BCUT2D eigenvalue weighted by Crippen LogP contribution is -2.47. The van der Waals surface area contributed by atoms with Crippen molar-refractivity contribution in [1.82, 2.24) is 9.97 Å². The highest BCUT2D eigenvalue weighted by Crippen LogP contribution is 2.22. The molecule has 5 nitrogen and oxygen atoms in total. The molecule has 0 spiro atoms. The van der Waals surface area contributed by atoms with E-state index in [9.17, 15) is 0 Å². The molecule has 1 aliphatic rings. The maximum atomic E-state index is 6.11. The Morgan fingerprint density at radius 2 is 1.80 bits per heavy atom. The smallest absolute Gasteiger partial charge is 0.227 e. The summed E-state index contributed by atoms with van der Waals surface area (Å²) in [6.45, 7) is 11.0. The number of aryl methyl sites for hydroxylation is 1. The van der Waals surface area contributed by atoms with E-state index >= 15 is 0 Å². The van der Waals surface area contributed by atoms with Crippen molar-refractivity contribution in [2.75, 3.05) is 47.8 Å². The second-order valence-corrected chi connectivity index (χ2v) is 7.36. The van der Waals surface area contributed by atoms with Crippen LogP contribution in [0.1, 0.15) is 19.5 Å². The third-order valence-corrected chi connectivity index (χ3v) is 4.50. The van der Waals surface area contributed by atoms with Gasteiger partial charge in [0.1, 0.15) is 5.82 Å². The molecule has 1 N–H and O–H groups in total. The third-order valence-electron chi connectivity index (χ3n) is 4.27. The Kier molecular flexibility index (Phi) is 5.63. The molecule has 25 heavy (non-hydrogen) atoms. The number of anilines is 3. The number of piperazine rings is 1. The quantitative estimate of drug-likeness (QED) is 0.878. The number of halogens is 1. The van der Waals surface area contributed by atoms with E-state index in [4.69, 9.17) is 16.6 Å². The van der Waals surface area contributed by atoms with Crippen LogP contribution in [0.4, 0.5) is 17.5 Å². The van der Waals surface area contributed by atoms with Crippen LogP contribution in [0.2, 0.25) is 5.02 Å². The predicted octanol–water partition coefficient (Wildman–Crippen LogP) is 3.83. The molecule has 1 aromatic carbocycles. The number of benzene rings is 1. The average molecular weight is 360 g/mol. The summed E-state index contributed by atoms with van der Waals surface area (Å²) in [6, 6.07) is 10.1. The van der Waals surface area contributed by atoms with Gasteiger partial charge in [-0.25, -0.2) is 4.98 Å². The Balaban J connectivity index is 1.66. The zero-order valence-electron chi connectivity index (χ0n) is 15.2. The number of rotatable bonds is 5. The molecule has 134 valence electrons. The largest absolute Gasteiger partial charge is 0.370 e. The number of hydrogen-bond acceptors (Lipinski definition) is 5. The number of hydrogen-bond donors (Lipinski definition) is 1. The Hall–Kier alpha value is -2.01. The Bertz CT molecular complexity index is 711. The number of nitrogens with one attached hydrogen (secondary N) is 1. The van der Waals surface area contributed by atoms with Gasteiger partial charge >= 0.3 is 0 Å². The maximum absolute atomic E-state index is 6.11. The highest BCUT2D eigenvalue weighted by atomic mass is 35.5. The van der Waals surface area contributed by atoms with E-state index < -0.39 is 0 Å². The van der Waals surface area contributed by atoms with E-state index in [0.717, 1.165) is 55.2 Å². The van der Waals surface area contributed by atoms with Crippen molar-refractivity contribution in [2.24, 2.45) is 5.92 Å². The van der Waals surface area contributed by atoms with Gasteiger partial charge in [-0.3, -0.25) is 0 Å². The first-order valence-electron chi connectivity index (χ1n) is 8.86. The molecule has 0 unspecified atom stereocenters. The Morgan fingerprint density at radius 3 is 2.48 bits per heavy atom. The summed E-state index contributed by atoms with van der Waals surface area (Å²) in [7, 11) is 0. The number of nitrogens with zero attached hydrogens (tertiary/aromatic N) is 4. The van der Waals surface area contributed by atoms with Gasteiger partial charge < -0.3 is 15.1 Å². The second kappa shape index (κ2) is 7.91. The Morgan fingerprint density at radius 1 is 1.08 bits per heavy atom. The van der Waals surface area contributed by atoms with Gasteiger partial charge in [-0.15, -0.1) is 0 Å². The van der Waals surface area contributed by atoms with Crippen molar-refractivity contribution in [3.63, 3.8) is 0 Å². The predicted molar refractivity (Wildman–Crippen MR) is 106 cm³/mol. The zero-order chi connectivity index (χ0) is 17.8. The van der Waals surface area contributed by atoms with Crippen molar-refractivity contribution in [2.45, 2.75) is 20.8 Å². The van der Waals surface area contributed by atoms with Crippen molar-refractivity contribution < 1.29 is 0 Å². The Labute approximate surface area is 155 Å². The maximum Gasteiger partial charge on any atom is 0.227 e. The summed E-state index contributed by atoms with van der Waals surface area (Å²) in [5.41, 5.74) is 2.17. The van der Waals surface area contributed by atoms with E-state index in [-0.39, 0.29) is 0 Å². The van der Waals surface area contributed by atoms with Crippen molar-refractivity contribution in [3.05, 3.63) is 41.0 Å². The fourth-order valence-electron chi connectivity index (χ4n) is 2.93. The van der Waals surface area contributed by atoms with Gasteiger partial charge in [0, 0.05) is 55.2 Å². The molecule has 1 saturated heterocycles. The van der Waals surface area contributed by atoms with E-state index in [1.807, 2.05) is 31.2 Å². The minimum absolute atomic E-state index is 0.583. The van der Waals surface area contributed by atoms with Gasteiger partial charge in [-0.1, -0.05) is 31.5 Å². The molecular weight excluding hydrogens is 334 g/mol. The fraction of sp³-hybridized carbons (Fsp3) is 0.474. The molecule has 0 bridgehead atoms. The number of aromatic nitrogens is 2. The lowest BCUT2D eigenvalue weighted by molar-refractivity contribution is 0.638. The molecule has 0 amide bonds. The molecule has 3 rings (SSSR count). The summed E-state index contributed by atoms with van der Waals surface area (Å²) in [5.74, 6) is 2.31. The first-order valence-corrected chi connectivity index (χ1v) is 9.24. The van der Waals surface area contributed by atoms with Gasteiger partial charge in [0.2, 0.25) is 5.95 Å². The first-order chi connectivity index (χ1) is 12.0. The van der Waals surface area contributed by atoms with Gasteiger partial charge in [0.05, 0.1) is 0 Å². The van der Waals surface area contributed by atoms with Gasteiger partial charge in [0.25, 0.3) is 0 Å². The summed E-state index contributed by atoms with van der Waals surface area (Å²) in [5, 5.41) is 4.18. The monoisotopic (exact) mass is 359 g/mol. The summed E-state index contributed by atoms with van der Waals surface area (Å²) in [6.07, 6.45) is 0. The molecular formula is C19H26ClN5. The van der Waals surface area contributed by atoms with Gasteiger partial charge in [0.15, 0.2) is 0 Å². The minimum Gasteiger partial charge on any atom is -0.370 e. The van der Waals surface area contributed by atoms with Gasteiger partial charge in [-0.2, -0.15) is 4.98 Å². The summed E-state index contributed by atoms with van der Waals surface area (Å²) in [4.78, 5) is 14.0. The van der Waals surface area contributed by atoms with Crippen molar-refractivity contribution in [1.29, 1.82) is 0 Å².